The van der Waals surface area contributed by atoms with E-state index in [4.69, 9.17) is 9.05 Å². The van der Waals surface area contributed by atoms with Gasteiger partial charge in [0.05, 0.1) is 0 Å². The Kier molecular flexibility index (Phi) is 4.35. The first-order valence-corrected chi connectivity index (χ1v) is 6.62. The van der Waals surface area contributed by atoms with Crippen LogP contribution in [0.15, 0.2) is 18.2 Å². The third-order valence-corrected chi connectivity index (χ3v) is 4.18. The van der Waals surface area contributed by atoms with E-state index in [0.717, 1.165) is 5.75 Å². The Balaban J connectivity index is 2.83. The lowest BCUT2D eigenvalue weighted by molar-refractivity contribution is 0.372. The molecular formula is C13H21O2P. The monoisotopic (exact) mass is 240 g/mol. The quantitative estimate of drug-likeness (QED) is 0.727. The van der Waals surface area contributed by atoms with Gasteiger partial charge < -0.3 is 9.05 Å². The molecule has 1 aromatic carbocycles. The summed E-state index contributed by atoms with van der Waals surface area (Å²) >= 11 is 0. The lowest BCUT2D eigenvalue weighted by Crippen LogP contribution is -2.15. The third-order valence-electron chi connectivity index (χ3n) is 2.38. The smallest absolute Gasteiger partial charge is 0.235 e. The van der Waals surface area contributed by atoms with Gasteiger partial charge in [-0.3, -0.25) is 0 Å². The van der Waals surface area contributed by atoms with Crippen molar-refractivity contribution in [2.45, 2.75) is 39.8 Å². The Hall–Kier alpha value is -0.590. The van der Waals surface area contributed by atoms with Crippen LogP contribution in [0.5, 0.6) is 5.75 Å². The van der Waals surface area contributed by atoms with Crippen molar-refractivity contribution in [2.75, 3.05) is 7.11 Å². The zero-order valence-electron chi connectivity index (χ0n) is 11.0. The van der Waals surface area contributed by atoms with Crippen LogP contribution in [0.2, 0.25) is 0 Å². The molecule has 0 radical (unpaired) electrons. The number of hydrogen-bond acceptors (Lipinski definition) is 2. The van der Waals surface area contributed by atoms with Crippen molar-refractivity contribution < 1.29 is 9.05 Å². The van der Waals surface area contributed by atoms with Gasteiger partial charge in [-0.05, 0) is 37.1 Å². The molecule has 1 atom stereocenters. The molecule has 0 aliphatic rings. The summed E-state index contributed by atoms with van der Waals surface area (Å²) in [4.78, 5) is 0. The minimum Gasteiger partial charge on any atom is -0.447 e. The fourth-order valence-corrected chi connectivity index (χ4v) is 2.52. The SMILES string of the molecule is COP(Oc1ccc(C)c(C)c1)C(C)(C)C. The second-order valence-electron chi connectivity index (χ2n) is 4.95. The van der Waals surface area contributed by atoms with Crippen molar-refractivity contribution in [1.82, 2.24) is 0 Å². The molecule has 0 N–H and O–H groups in total. The Morgan fingerprint density at radius 1 is 1.06 bits per heavy atom. The van der Waals surface area contributed by atoms with Crippen molar-refractivity contribution in [3.8, 4) is 5.75 Å². The van der Waals surface area contributed by atoms with Gasteiger partial charge in [-0.15, -0.1) is 0 Å². The van der Waals surface area contributed by atoms with E-state index < -0.39 is 8.38 Å². The maximum atomic E-state index is 5.91. The van der Waals surface area contributed by atoms with E-state index in [1.54, 1.807) is 7.11 Å². The summed E-state index contributed by atoms with van der Waals surface area (Å²) in [6, 6.07) is 6.15. The van der Waals surface area contributed by atoms with Crippen molar-refractivity contribution >= 4 is 8.38 Å². The van der Waals surface area contributed by atoms with Gasteiger partial charge in [-0.1, -0.05) is 26.8 Å². The molecule has 0 aliphatic heterocycles. The molecule has 0 bridgehead atoms. The number of benzene rings is 1. The molecule has 0 saturated heterocycles. The average Bonchev–Trinajstić information content (AvgIpc) is 2.18. The molecular weight excluding hydrogens is 219 g/mol. The molecule has 90 valence electrons. The molecule has 0 spiro atoms. The van der Waals surface area contributed by atoms with Crippen molar-refractivity contribution in [3.63, 3.8) is 0 Å². The molecule has 0 aliphatic carbocycles. The van der Waals surface area contributed by atoms with Crippen molar-refractivity contribution in [1.29, 1.82) is 0 Å². The van der Waals surface area contributed by atoms with Gasteiger partial charge in [0.15, 0.2) is 0 Å². The Morgan fingerprint density at radius 2 is 1.69 bits per heavy atom. The fraction of sp³-hybridized carbons (Fsp3) is 0.538. The van der Waals surface area contributed by atoms with Crippen LogP contribution < -0.4 is 4.52 Å². The average molecular weight is 240 g/mol. The van der Waals surface area contributed by atoms with Crippen LogP contribution in [-0.4, -0.2) is 12.3 Å². The number of aryl methyl sites for hydroxylation is 2. The highest BCUT2D eigenvalue weighted by Crippen LogP contribution is 2.50. The summed E-state index contributed by atoms with van der Waals surface area (Å²) in [6.45, 7) is 10.6. The third kappa shape index (κ3) is 3.47. The Bertz CT molecular complexity index is 355. The molecule has 0 aromatic heterocycles. The fourth-order valence-electron chi connectivity index (χ4n) is 1.31. The number of rotatable bonds is 3. The first kappa shape index (κ1) is 13.5. The first-order valence-electron chi connectivity index (χ1n) is 5.44. The summed E-state index contributed by atoms with van der Waals surface area (Å²) in [5.41, 5.74) is 2.53. The molecule has 0 saturated carbocycles. The predicted octanol–water partition coefficient (Wildman–Crippen LogP) is 4.44. The number of hydrogen-bond donors (Lipinski definition) is 0. The molecule has 1 aromatic rings. The van der Waals surface area contributed by atoms with Gasteiger partial charge in [0.25, 0.3) is 0 Å². The highest BCUT2D eigenvalue weighted by molar-refractivity contribution is 7.49. The standard InChI is InChI=1S/C13H21O2P/c1-10-7-8-12(9-11(10)2)15-16(14-6)13(3,4)5/h7-9H,1-6H3. The van der Waals surface area contributed by atoms with Gasteiger partial charge in [0.2, 0.25) is 8.38 Å². The second-order valence-corrected chi connectivity index (χ2v) is 7.35. The predicted molar refractivity (Wildman–Crippen MR) is 70.2 cm³/mol. The minimum absolute atomic E-state index is 0.0306. The van der Waals surface area contributed by atoms with Crippen LogP contribution in [0.3, 0.4) is 0 Å². The molecule has 1 rings (SSSR count). The summed E-state index contributed by atoms with van der Waals surface area (Å²) in [5, 5.41) is 0.0306. The molecule has 16 heavy (non-hydrogen) atoms. The molecule has 0 amide bonds. The van der Waals surface area contributed by atoms with E-state index in [1.807, 2.05) is 6.07 Å². The van der Waals surface area contributed by atoms with E-state index in [-0.39, 0.29) is 5.16 Å². The molecule has 0 heterocycles. The summed E-state index contributed by atoms with van der Waals surface area (Å²) < 4.78 is 11.3. The highest BCUT2D eigenvalue weighted by Gasteiger charge is 2.28. The van der Waals surface area contributed by atoms with Crippen LogP contribution in [-0.2, 0) is 4.52 Å². The highest BCUT2D eigenvalue weighted by atomic mass is 31.2. The minimum atomic E-state index is -0.898. The largest absolute Gasteiger partial charge is 0.447 e. The zero-order chi connectivity index (χ0) is 12.3. The topological polar surface area (TPSA) is 18.5 Å². The summed E-state index contributed by atoms with van der Waals surface area (Å²) in [6.07, 6.45) is 0. The normalized spacial score (nSPS) is 13.6. The van der Waals surface area contributed by atoms with Crippen LogP contribution in [0, 0.1) is 13.8 Å². The van der Waals surface area contributed by atoms with Crippen LogP contribution in [0.25, 0.3) is 0 Å². The molecule has 0 fully saturated rings. The lowest BCUT2D eigenvalue weighted by Gasteiger charge is -2.28. The van der Waals surface area contributed by atoms with Gasteiger partial charge in [0.1, 0.15) is 5.75 Å². The van der Waals surface area contributed by atoms with E-state index in [9.17, 15) is 0 Å². The van der Waals surface area contributed by atoms with Crippen molar-refractivity contribution in [2.24, 2.45) is 0 Å². The van der Waals surface area contributed by atoms with E-state index in [0.29, 0.717) is 0 Å². The van der Waals surface area contributed by atoms with Gasteiger partial charge in [-0.2, -0.15) is 0 Å². The maximum absolute atomic E-state index is 5.91. The first-order chi connectivity index (χ1) is 7.34. The van der Waals surface area contributed by atoms with Crippen LogP contribution in [0.1, 0.15) is 31.9 Å². The van der Waals surface area contributed by atoms with E-state index in [2.05, 4.69) is 46.8 Å². The van der Waals surface area contributed by atoms with Crippen molar-refractivity contribution in [3.05, 3.63) is 29.3 Å². The molecule has 1 unspecified atom stereocenters. The van der Waals surface area contributed by atoms with E-state index >= 15 is 0 Å². The van der Waals surface area contributed by atoms with Gasteiger partial charge >= 0.3 is 0 Å². The Labute approximate surface area is 99.9 Å². The van der Waals surface area contributed by atoms with Crippen LogP contribution >= 0.6 is 8.38 Å². The summed E-state index contributed by atoms with van der Waals surface area (Å²) in [7, 11) is 0.809. The lowest BCUT2D eigenvalue weighted by atomic mass is 10.1. The molecule has 2 nitrogen and oxygen atoms in total. The van der Waals surface area contributed by atoms with Gasteiger partial charge in [-0.25, -0.2) is 0 Å². The Morgan fingerprint density at radius 3 is 2.12 bits per heavy atom. The summed E-state index contributed by atoms with van der Waals surface area (Å²) in [5.74, 6) is 0.894. The maximum Gasteiger partial charge on any atom is 0.235 e. The van der Waals surface area contributed by atoms with E-state index in [1.165, 1.54) is 11.1 Å². The van der Waals surface area contributed by atoms with Gasteiger partial charge in [0, 0.05) is 12.3 Å². The molecule has 3 heteroatoms. The second kappa shape index (κ2) is 5.16. The van der Waals surface area contributed by atoms with Crippen LogP contribution in [0.4, 0.5) is 0 Å². The zero-order valence-corrected chi connectivity index (χ0v) is 11.9.